The lowest BCUT2D eigenvalue weighted by atomic mass is 10.1. The van der Waals surface area contributed by atoms with Crippen LogP contribution in [0.15, 0.2) is 24.3 Å². The molecule has 6 heteroatoms. The van der Waals surface area contributed by atoms with E-state index in [9.17, 15) is 13.2 Å². The molecule has 1 fully saturated rings. The van der Waals surface area contributed by atoms with Crippen LogP contribution in [0.1, 0.15) is 18.9 Å². The smallest absolute Gasteiger partial charge is 0.369 e. The predicted molar refractivity (Wildman–Crippen MR) is 78.4 cm³/mol. The van der Waals surface area contributed by atoms with Crippen molar-refractivity contribution in [3.05, 3.63) is 29.8 Å². The van der Waals surface area contributed by atoms with Gasteiger partial charge in [0.15, 0.2) is 0 Å². The van der Waals surface area contributed by atoms with E-state index in [4.69, 9.17) is 5.73 Å². The van der Waals surface area contributed by atoms with Gasteiger partial charge in [-0.05, 0) is 38.1 Å². The Kier molecular flexibility index (Phi) is 5.11. The lowest BCUT2D eigenvalue weighted by Crippen LogP contribution is -2.47. The summed E-state index contributed by atoms with van der Waals surface area (Å²) in [5.41, 5.74) is 5.81. The second-order valence-corrected chi connectivity index (χ2v) is 5.64. The topological polar surface area (TPSA) is 32.5 Å². The van der Waals surface area contributed by atoms with Crippen LogP contribution in [0.3, 0.4) is 0 Å². The van der Waals surface area contributed by atoms with E-state index in [1.165, 1.54) is 12.1 Å². The van der Waals surface area contributed by atoms with Gasteiger partial charge in [-0.25, -0.2) is 0 Å². The summed E-state index contributed by atoms with van der Waals surface area (Å²) >= 11 is 0. The van der Waals surface area contributed by atoms with Crippen LogP contribution in [-0.2, 0) is 6.18 Å². The molecule has 1 unspecified atom stereocenters. The SMILES string of the molecule is CC(N)CCN1CCN(c2cccc(C(F)(F)F)c2)CC1. The lowest BCUT2D eigenvalue weighted by Gasteiger charge is -2.36. The highest BCUT2D eigenvalue weighted by Gasteiger charge is 2.31. The summed E-state index contributed by atoms with van der Waals surface area (Å²) in [6.07, 6.45) is -3.33. The fraction of sp³-hybridized carbons (Fsp3) is 0.600. The largest absolute Gasteiger partial charge is 0.416 e. The van der Waals surface area contributed by atoms with Crippen molar-refractivity contribution in [3.63, 3.8) is 0 Å². The van der Waals surface area contributed by atoms with Gasteiger partial charge >= 0.3 is 6.18 Å². The van der Waals surface area contributed by atoms with Gasteiger partial charge in [-0.3, -0.25) is 4.90 Å². The standard InChI is InChI=1S/C15H22F3N3/c1-12(19)5-6-20-7-9-21(10-8-20)14-4-2-3-13(11-14)15(16,17)18/h2-4,11-12H,5-10,19H2,1H3. The van der Waals surface area contributed by atoms with Gasteiger partial charge in [-0.2, -0.15) is 13.2 Å². The summed E-state index contributed by atoms with van der Waals surface area (Å²) in [5, 5.41) is 0. The number of hydrogen-bond donors (Lipinski definition) is 1. The van der Waals surface area contributed by atoms with Crippen molar-refractivity contribution < 1.29 is 13.2 Å². The Hall–Kier alpha value is -1.27. The lowest BCUT2D eigenvalue weighted by molar-refractivity contribution is -0.137. The number of halogens is 3. The number of anilines is 1. The Morgan fingerprint density at radius 2 is 1.86 bits per heavy atom. The van der Waals surface area contributed by atoms with Crippen molar-refractivity contribution in [1.82, 2.24) is 4.90 Å². The number of piperazine rings is 1. The molecule has 3 nitrogen and oxygen atoms in total. The third kappa shape index (κ3) is 4.61. The van der Waals surface area contributed by atoms with Crippen molar-refractivity contribution in [1.29, 1.82) is 0 Å². The molecule has 2 N–H and O–H groups in total. The Morgan fingerprint density at radius 1 is 1.19 bits per heavy atom. The zero-order valence-corrected chi connectivity index (χ0v) is 12.2. The van der Waals surface area contributed by atoms with Gasteiger partial charge in [0.05, 0.1) is 5.56 Å². The van der Waals surface area contributed by atoms with Crippen molar-refractivity contribution >= 4 is 5.69 Å². The third-order valence-corrected chi connectivity index (χ3v) is 3.81. The van der Waals surface area contributed by atoms with Crippen molar-refractivity contribution in [2.75, 3.05) is 37.6 Å². The highest BCUT2D eigenvalue weighted by atomic mass is 19.4. The molecule has 1 aliphatic rings. The molecule has 1 aliphatic heterocycles. The summed E-state index contributed by atoms with van der Waals surface area (Å²) in [4.78, 5) is 4.32. The fourth-order valence-electron chi connectivity index (χ4n) is 2.49. The van der Waals surface area contributed by atoms with Gasteiger partial charge < -0.3 is 10.6 Å². The summed E-state index contributed by atoms with van der Waals surface area (Å²) in [7, 11) is 0. The van der Waals surface area contributed by atoms with Gasteiger partial charge in [0.25, 0.3) is 0 Å². The van der Waals surface area contributed by atoms with E-state index in [-0.39, 0.29) is 6.04 Å². The van der Waals surface area contributed by atoms with E-state index < -0.39 is 11.7 Å². The number of nitrogens with zero attached hydrogens (tertiary/aromatic N) is 2. The Morgan fingerprint density at radius 3 is 2.43 bits per heavy atom. The average Bonchev–Trinajstić information content (AvgIpc) is 2.45. The second kappa shape index (κ2) is 6.66. The van der Waals surface area contributed by atoms with E-state index in [0.717, 1.165) is 45.2 Å². The van der Waals surface area contributed by atoms with E-state index in [2.05, 4.69) is 4.90 Å². The van der Waals surface area contributed by atoms with Gasteiger partial charge in [0.1, 0.15) is 0 Å². The zero-order valence-electron chi connectivity index (χ0n) is 12.2. The molecule has 0 amide bonds. The first kappa shape index (κ1) is 16.1. The monoisotopic (exact) mass is 301 g/mol. The molecule has 0 aliphatic carbocycles. The van der Waals surface area contributed by atoms with Crippen LogP contribution in [0.2, 0.25) is 0 Å². The molecular formula is C15H22F3N3. The first-order valence-electron chi connectivity index (χ1n) is 7.26. The highest BCUT2D eigenvalue weighted by Crippen LogP contribution is 2.31. The molecule has 0 aromatic heterocycles. The predicted octanol–water partition coefficient (Wildman–Crippen LogP) is 2.56. The van der Waals surface area contributed by atoms with Crippen LogP contribution in [-0.4, -0.2) is 43.7 Å². The molecule has 1 aromatic rings. The zero-order chi connectivity index (χ0) is 15.5. The van der Waals surface area contributed by atoms with Crippen LogP contribution in [0, 0.1) is 0 Å². The number of hydrogen-bond acceptors (Lipinski definition) is 3. The maximum Gasteiger partial charge on any atom is 0.416 e. The maximum absolute atomic E-state index is 12.7. The molecule has 0 spiro atoms. The molecular weight excluding hydrogens is 279 g/mol. The van der Waals surface area contributed by atoms with Crippen LogP contribution in [0.25, 0.3) is 0 Å². The molecule has 0 bridgehead atoms. The van der Waals surface area contributed by atoms with Crippen LogP contribution in [0.4, 0.5) is 18.9 Å². The van der Waals surface area contributed by atoms with Crippen molar-refractivity contribution in [2.24, 2.45) is 5.73 Å². The van der Waals surface area contributed by atoms with E-state index >= 15 is 0 Å². The first-order valence-corrected chi connectivity index (χ1v) is 7.26. The molecule has 0 saturated carbocycles. The van der Waals surface area contributed by atoms with Crippen LogP contribution < -0.4 is 10.6 Å². The third-order valence-electron chi connectivity index (χ3n) is 3.81. The normalized spacial score (nSPS) is 18.8. The molecule has 0 radical (unpaired) electrons. The Bertz CT molecular complexity index is 452. The second-order valence-electron chi connectivity index (χ2n) is 5.64. The molecule has 1 aromatic carbocycles. The van der Waals surface area contributed by atoms with Crippen LogP contribution >= 0.6 is 0 Å². The summed E-state index contributed by atoms with van der Waals surface area (Å²) in [5.74, 6) is 0. The number of rotatable bonds is 4. The quantitative estimate of drug-likeness (QED) is 0.928. The summed E-state index contributed by atoms with van der Waals surface area (Å²) in [6.45, 7) is 6.17. The Balaban J connectivity index is 1.93. The van der Waals surface area contributed by atoms with Gasteiger partial charge in [-0.1, -0.05) is 6.07 Å². The summed E-state index contributed by atoms with van der Waals surface area (Å²) < 4.78 is 38.2. The maximum atomic E-state index is 12.7. The molecule has 2 rings (SSSR count). The van der Waals surface area contributed by atoms with Crippen LogP contribution in [0.5, 0.6) is 0 Å². The minimum atomic E-state index is -4.28. The molecule has 1 saturated heterocycles. The van der Waals surface area contributed by atoms with Crippen molar-refractivity contribution in [3.8, 4) is 0 Å². The minimum Gasteiger partial charge on any atom is -0.369 e. The minimum absolute atomic E-state index is 0.187. The first-order chi connectivity index (χ1) is 9.86. The van der Waals surface area contributed by atoms with Crippen molar-refractivity contribution in [2.45, 2.75) is 25.6 Å². The Labute approximate surface area is 123 Å². The van der Waals surface area contributed by atoms with E-state index in [0.29, 0.717) is 5.69 Å². The fourth-order valence-corrected chi connectivity index (χ4v) is 2.49. The molecule has 1 atom stereocenters. The van der Waals surface area contributed by atoms with E-state index in [1.54, 1.807) is 6.07 Å². The molecule has 1 heterocycles. The average molecular weight is 301 g/mol. The highest BCUT2D eigenvalue weighted by molar-refractivity contribution is 5.49. The summed E-state index contributed by atoms with van der Waals surface area (Å²) in [6, 6.07) is 5.75. The number of nitrogens with two attached hydrogens (primary N) is 1. The van der Waals surface area contributed by atoms with Gasteiger partial charge in [-0.15, -0.1) is 0 Å². The molecule has 21 heavy (non-hydrogen) atoms. The van der Waals surface area contributed by atoms with E-state index in [1.807, 2.05) is 11.8 Å². The van der Waals surface area contributed by atoms with Gasteiger partial charge in [0.2, 0.25) is 0 Å². The number of alkyl halides is 3. The van der Waals surface area contributed by atoms with Gasteiger partial charge in [0, 0.05) is 37.9 Å². The molecule has 118 valence electrons. The number of benzene rings is 1.